The molecule has 2 aromatic rings. The van der Waals surface area contributed by atoms with Gasteiger partial charge >= 0.3 is 12.5 Å². The number of aromatic nitrogens is 1. The number of hydrogen-bond donors (Lipinski definition) is 0. The quantitative estimate of drug-likeness (QED) is 0.534. The van der Waals surface area contributed by atoms with Gasteiger partial charge in [0.2, 0.25) is 0 Å². The number of carbonyl (C=O) groups excluding carboxylic acids is 1. The average Bonchev–Trinajstić information content (AvgIpc) is 2.67. The van der Waals surface area contributed by atoms with Crippen molar-refractivity contribution in [1.29, 1.82) is 0 Å². The Balaban J connectivity index is 1.83. The summed E-state index contributed by atoms with van der Waals surface area (Å²) in [6.07, 6.45) is -6.77. The van der Waals surface area contributed by atoms with Gasteiger partial charge in [0.05, 0.1) is 11.3 Å². The van der Waals surface area contributed by atoms with E-state index in [1.54, 1.807) is 29.3 Å². The summed E-state index contributed by atoms with van der Waals surface area (Å²) in [6.45, 7) is 0.476. The number of nitrogens with zero attached hydrogens (tertiary/aromatic N) is 3. The lowest BCUT2D eigenvalue weighted by Crippen LogP contribution is -2.45. The molecule has 0 fully saturated rings. The fourth-order valence-corrected chi connectivity index (χ4v) is 2.93. The summed E-state index contributed by atoms with van der Waals surface area (Å²) in [5.74, 6) is -0.677. The van der Waals surface area contributed by atoms with Crippen LogP contribution in [0.1, 0.15) is 12.0 Å². The third-order valence-electron chi connectivity index (χ3n) is 4.37. The predicted octanol–water partition coefficient (Wildman–Crippen LogP) is 4.79. The lowest BCUT2D eigenvalue weighted by Gasteiger charge is -2.30. The third-order valence-corrected chi connectivity index (χ3v) is 4.37. The number of halogens is 6. The Morgan fingerprint density at radius 1 is 1.00 bits per heavy atom. The van der Waals surface area contributed by atoms with Gasteiger partial charge in [0, 0.05) is 24.9 Å². The number of hydrogen-bond acceptors (Lipinski definition) is 3. The molecule has 0 unspecified atom stereocenters. The van der Waals surface area contributed by atoms with Crippen molar-refractivity contribution in [2.45, 2.75) is 18.9 Å². The van der Waals surface area contributed by atoms with Crippen LogP contribution in [-0.2, 0) is 11.0 Å². The molecule has 0 N–H and O–H groups in total. The average molecular weight is 415 g/mol. The highest BCUT2D eigenvalue weighted by Gasteiger charge is 2.44. The predicted molar refractivity (Wildman–Crippen MR) is 94.1 cm³/mol. The Morgan fingerprint density at radius 3 is 2.17 bits per heavy atom. The first-order valence-corrected chi connectivity index (χ1v) is 8.51. The summed E-state index contributed by atoms with van der Waals surface area (Å²) in [4.78, 5) is 18.1. The zero-order chi connectivity index (χ0) is 21.2. The maximum atomic E-state index is 13.5. The fourth-order valence-electron chi connectivity index (χ4n) is 2.93. The second-order valence-electron chi connectivity index (χ2n) is 6.27. The molecule has 0 aliphatic carbocycles. The number of carbonyl (C=O) groups is 1. The zero-order valence-electron chi connectivity index (χ0n) is 14.8. The lowest BCUT2D eigenvalue weighted by atomic mass is 10.1. The van der Waals surface area contributed by atoms with E-state index in [0.29, 0.717) is 30.1 Å². The Kier molecular flexibility index (Phi) is 5.54. The molecule has 1 amide bonds. The van der Waals surface area contributed by atoms with Crippen LogP contribution in [0.5, 0.6) is 0 Å². The number of pyridine rings is 1. The van der Waals surface area contributed by atoms with E-state index in [9.17, 15) is 31.1 Å². The Bertz CT molecular complexity index is 891. The molecule has 0 saturated heterocycles. The molecule has 4 nitrogen and oxygen atoms in total. The highest BCUT2D eigenvalue weighted by Crippen LogP contribution is 2.35. The molecule has 3 rings (SSSR count). The number of amides is 1. The second kappa shape index (κ2) is 7.76. The molecule has 29 heavy (non-hydrogen) atoms. The van der Waals surface area contributed by atoms with E-state index in [-0.39, 0.29) is 25.1 Å². The number of alkyl halides is 6. The van der Waals surface area contributed by atoms with Crippen LogP contribution in [0, 0.1) is 0 Å². The molecule has 1 aliphatic heterocycles. The first-order chi connectivity index (χ1) is 13.6. The van der Waals surface area contributed by atoms with Crippen LogP contribution in [0.3, 0.4) is 0 Å². The Morgan fingerprint density at radius 2 is 1.69 bits per heavy atom. The van der Waals surface area contributed by atoms with Crippen LogP contribution in [0.15, 0.2) is 60.3 Å². The highest BCUT2D eigenvalue weighted by atomic mass is 19.4. The monoisotopic (exact) mass is 415 g/mol. The van der Waals surface area contributed by atoms with Crippen LogP contribution in [0.4, 0.5) is 37.8 Å². The molecule has 0 saturated carbocycles. The lowest BCUT2D eigenvalue weighted by molar-refractivity contribution is -0.147. The molecule has 0 bridgehead atoms. The van der Waals surface area contributed by atoms with Gasteiger partial charge in [-0.3, -0.25) is 4.79 Å². The minimum Gasteiger partial charge on any atom is -0.353 e. The highest BCUT2D eigenvalue weighted by molar-refractivity contribution is 6.06. The molecule has 1 aliphatic rings. The summed E-state index contributed by atoms with van der Waals surface area (Å²) < 4.78 is 78.5. The van der Waals surface area contributed by atoms with Crippen molar-refractivity contribution in [1.82, 2.24) is 4.98 Å². The molecule has 0 atom stereocenters. The zero-order valence-corrected chi connectivity index (χ0v) is 14.8. The maximum absolute atomic E-state index is 13.5. The van der Waals surface area contributed by atoms with Gasteiger partial charge in [-0.2, -0.15) is 13.2 Å². The molecule has 1 aromatic heterocycles. The summed E-state index contributed by atoms with van der Waals surface area (Å²) in [7, 11) is 0. The van der Waals surface area contributed by atoms with Crippen LogP contribution in [0.2, 0.25) is 0 Å². The molecular formula is C19H15F6N3O. The normalized spacial score (nSPS) is 15.1. The topological polar surface area (TPSA) is 36.4 Å². The number of anilines is 2. The van der Waals surface area contributed by atoms with Crippen molar-refractivity contribution >= 4 is 17.4 Å². The fraction of sp³-hybridized carbons (Fsp3) is 0.263. The van der Waals surface area contributed by atoms with Crippen LogP contribution in [0.25, 0.3) is 0 Å². The van der Waals surface area contributed by atoms with Gasteiger partial charge in [-0.25, -0.2) is 9.88 Å². The van der Waals surface area contributed by atoms with E-state index in [1.165, 1.54) is 6.08 Å². The Labute approximate surface area is 162 Å². The van der Waals surface area contributed by atoms with Crippen molar-refractivity contribution in [3.05, 3.63) is 65.9 Å². The van der Waals surface area contributed by atoms with Gasteiger partial charge in [0.25, 0.3) is 5.91 Å². The summed E-state index contributed by atoms with van der Waals surface area (Å²) in [6, 6.07) is 7.53. The van der Waals surface area contributed by atoms with Crippen molar-refractivity contribution in [3.63, 3.8) is 0 Å². The third kappa shape index (κ3) is 4.69. The van der Waals surface area contributed by atoms with Gasteiger partial charge < -0.3 is 4.90 Å². The van der Waals surface area contributed by atoms with Gasteiger partial charge in [-0.1, -0.05) is 12.1 Å². The SMILES string of the molecule is O=C(C1=CCN(c2ccccn2)CC1)N(c1ccc(C(F)(F)F)cc1)C(F)(F)F. The van der Waals surface area contributed by atoms with Crippen molar-refractivity contribution < 1.29 is 31.1 Å². The van der Waals surface area contributed by atoms with Crippen molar-refractivity contribution in [3.8, 4) is 0 Å². The smallest absolute Gasteiger partial charge is 0.353 e. The van der Waals surface area contributed by atoms with Crippen LogP contribution < -0.4 is 9.80 Å². The van der Waals surface area contributed by atoms with Crippen LogP contribution in [-0.4, -0.2) is 30.3 Å². The van der Waals surface area contributed by atoms with E-state index < -0.39 is 34.5 Å². The van der Waals surface area contributed by atoms with Crippen molar-refractivity contribution in [2.75, 3.05) is 22.9 Å². The van der Waals surface area contributed by atoms with Gasteiger partial charge in [0.1, 0.15) is 5.82 Å². The molecule has 2 heterocycles. The molecule has 154 valence electrons. The van der Waals surface area contributed by atoms with Crippen molar-refractivity contribution in [2.24, 2.45) is 0 Å². The minimum absolute atomic E-state index is 0.0443. The molecule has 1 aromatic carbocycles. The van der Waals surface area contributed by atoms with Gasteiger partial charge in [0.15, 0.2) is 0 Å². The van der Waals surface area contributed by atoms with E-state index in [2.05, 4.69) is 4.98 Å². The van der Waals surface area contributed by atoms with Gasteiger partial charge in [-0.15, -0.1) is 13.2 Å². The van der Waals surface area contributed by atoms with E-state index in [4.69, 9.17) is 0 Å². The number of rotatable bonds is 3. The molecular weight excluding hydrogens is 400 g/mol. The molecule has 0 radical (unpaired) electrons. The summed E-state index contributed by atoms with van der Waals surface area (Å²) >= 11 is 0. The standard InChI is InChI=1S/C19H15F6N3O/c20-18(21,22)14-4-6-15(7-5-14)28(19(23,24)25)17(29)13-8-11-27(12-9-13)16-3-1-2-10-26-16/h1-8,10H,9,11-12H2. The second-order valence-corrected chi connectivity index (χ2v) is 6.27. The summed E-state index contributed by atoms with van der Waals surface area (Å²) in [5.41, 5.74) is -1.84. The molecule has 10 heteroatoms. The number of benzene rings is 1. The maximum Gasteiger partial charge on any atom is 0.491 e. The van der Waals surface area contributed by atoms with Crippen LogP contribution >= 0.6 is 0 Å². The minimum atomic E-state index is -5.09. The molecule has 0 spiro atoms. The van der Waals surface area contributed by atoms with E-state index in [0.717, 1.165) is 0 Å². The van der Waals surface area contributed by atoms with E-state index in [1.807, 2.05) is 0 Å². The largest absolute Gasteiger partial charge is 0.491 e. The Hall–Kier alpha value is -3.04. The summed E-state index contributed by atoms with van der Waals surface area (Å²) in [5, 5.41) is 0. The van der Waals surface area contributed by atoms with Gasteiger partial charge in [-0.05, 0) is 42.8 Å². The first-order valence-electron chi connectivity index (χ1n) is 8.51. The first kappa shape index (κ1) is 20.7. The van der Waals surface area contributed by atoms with E-state index >= 15 is 0 Å².